The summed E-state index contributed by atoms with van der Waals surface area (Å²) in [7, 11) is 2.03. The summed E-state index contributed by atoms with van der Waals surface area (Å²) in [5, 5.41) is 3.33. The van der Waals surface area contributed by atoms with Crippen molar-refractivity contribution in [2.45, 2.75) is 84.4 Å². The van der Waals surface area contributed by atoms with Crippen molar-refractivity contribution in [1.29, 1.82) is 0 Å². The Kier molecular flexibility index (Phi) is 17.7. The summed E-state index contributed by atoms with van der Waals surface area (Å²) in [6.07, 6.45) is 13.8. The molecule has 2 aromatic rings. The second-order valence-corrected chi connectivity index (χ2v) is 11.2. The number of nitrogens with zero attached hydrogens (tertiary/aromatic N) is 1. The Hall–Kier alpha value is -3.79. The van der Waals surface area contributed by atoms with Gasteiger partial charge in [-0.05, 0) is 92.8 Å². The van der Waals surface area contributed by atoms with Crippen LogP contribution in [-0.2, 0) is 28.0 Å². The van der Waals surface area contributed by atoms with E-state index in [1.807, 2.05) is 27.0 Å². The zero-order chi connectivity index (χ0) is 33.9. The van der Waals surface area contributed by atoms with Gasteiger partial charge in [0.1, 0.15) is 5.67 Å². The molecule has 1 aliphatic heterocycles. The average Bonchev–Trinajstić information content (AvgIpc) is 3.86. The number of allylic oxidation sites excluding steroid dienone is 3. The summed E-state index contributed by atoms with van der Waals surface area (Å²) in [6.45, 7) is 17.1. The van der Waals surface area contributed by atoms with Gasteiger partial charge in [-0.25, -0.2) is 4.39 Å². The van der Waals surface area contributed by atoms with Crippen molar-refractivity contribution in [2.24, 2.45) is 5.73 Å². The lowest BCUT2D eigenvalue weighted by Gasteiger charge is -2.40. The monoisotopic (exact) mass is 615 g/mol. The largest absolute Gasteiger partial charge is 0.325 e. The molecule has 2 aromatic carbocycles. The number of hydrogen-bond acceptors (Lipinski definition) is 4. The second kappa shape index (κ2) is 20.3. The van der Waals surface area contributed by atoms with Crippen LogP contribution in [0.3, 0.4) is 0 Å². The van der Waals surface area contributed by atoms with Crippen molar-refractivity contribution in [2.75, 3.05) is 26.7 Å². The minimum absolute atomic E-state index is 0.0185. The molecule has 1 saturated heterocycles. The number of rotatable bonds is 6. The van der Waals surface area contributed by atoms with E-state index in [1.165, 1.54) is 67.2 Å². The highest BCUT2D eigenvalue weighted by atomic mass is 19.1. The molecule has 3 N–H and O–H groups in total. The first kappa shape index (κ1) is 39.2. The standard InChI is InChI=1S/C21H23N.C8H11FN2O.C4H6O.C4H8.C2H6/c1-22-15-17-8-3-5-11-19(17)21(13-14-21)20-12-6-9-16-7-2-4-10-18(16)20;1-8(9)5-11(6-8)7(12)3-2-4-10;1-3-4(2)5;1-3-4-2;1-2/h2-3,5-9,11-12,22H,4,10,13-15H2,1H3;4-6,10H2,1H3;3H,1H2,2H3;3H,1,4H2,2H3;1-2H3. The van der Waals surface area contributed by atoms with Crippen LogP contribution in [0, 0.1) is 11.8 Å². The molecule has 2 aliphatic carbocycles. The molecule has 1 heterocycles. The van der Waals surface area contributed by atoms with Crippen molar-refractivity contribution in [1.82, 2.24) is 10.2 Å². The van der Waals surface area contributed by atoms with Crippen molar-refractivity contribution in [3.05, 3.63) is 102 Å². The van der Waals surface area contributed by atoms with Crippen LogP contribution in [-0.4, -0.2) is 48.9 Å². The molecule has 0 spiro atoms. The maximum atomic E-state index is 12.9. The number of halogens is 1. The van der Waals surface area contributed by atoms with Crippen LogP contribution in [0.4, 0.5) is 4.39 Å². The molecule has 45 heavy (non-hydrogen) atoms. The molecule has 0 aromatic heterocycles. The number of benzene rings is 2. The Morgan fingerprint density at radius 2 is 1.69 bits per heavy atom. The van der Waals surface area contributed by atoms with E-state index in [0.717, 1.165) is 13.0 Å². The fourth-order valence-corrected chi connectivity index (χ4v) is 5.17. The molecule has 6 heteroatoms. The van der Waals surface area contributed by atoms with Crippen LogP contribution in [0.25, 0.3) is 6.08 Å². The molecule has 1 saturated carbocycles. The number of fused-ring (bicyclic) bond motifs is 1. The van der Waals surface area contributed by atoms with Gasteiger partial charge in [0, 0.05) is 12.0 Å². The maximum absolute atomic E-state index is 12.9. The fraction of sp³-hybridized carbons (Fsp3) is 0.436. The van der Waals surface area contributed by atoms with Crippen LogP contribution >= 0.6 is 0 Å². The highest BCUT2D eigenvalue weighted by Gasteiger charge is 2.48. The van der Waals surface area contributed by atoms with Crippen LogP contribution < -0.4 is 11.1 Å². The minimum Gasteiger partial charge on any atom is -0.325 e. The summed E-state index contributed by atoms with van der Waals surface area (Å²) in [6, 6.07) is 15.9. The third-order valence-corrected chi connectivity index (χ3v) is 7.44. The molecule has 0 unspecified atom stereocenters. The number of carbonyl (C=O) groups is 2. The van der Waals surface area contributed by atoms with Gasteiger partial charge >= 0.3 is 0 Å². The first-order valence-electron chi connectivity index (χ1n) is 16.0. The van der Waals surface area contributed by atoms with E-state index in [0.29, 0.717) is 0 Å². The predicted molar refractivity (Wildman–Crippen MR) is 189 cm³/mol. The van der Waals surface area contributed by atoms with Gasteiger partial charge in [0.2, 0.25) is 0 Å². The summed E-state index contributed by atoms with van der Waals surface area (Å²) < 4.78 is 12.9. The molecular weight excluding hydrogens is 561 g/mol. The van der Waals surface area contributed by atoms with Crippen molar-refractivity contribution < 1.29 is 14.0 Å². The van der Waals surface area contributed by atoms with E-state index < -0.39 is 5.67 Å². The average molecular weight is 616 g/mol. The third kappa shape index (κ3) is 12.3. The molecule has 5 nitrogen and oxygen atoms in total. The third-order valence-electron chi connectivity index (χ3n) is 7.44. The second-order valence-electron chi connectivity index (χ2n) is 11.2. The Balaban J connectivity index is 0.000000371. The molecule has 2 fully saturated rings. The van der Waals surface area contributed by atoms with Crippen molar-refractivity contribution >= 4 is 17.8 Å². The lowest BCUT2D eigenvalue weighted by atomic mass is 9.79. The molecule has 0 bridgehead atoms. The molecule has 3 aliphatic rings. The van der Waals surface area contributed by atoms with Crippen LogP contribution in [0.5, 0.6) is 0 Å². The number of nitrogens with two attached hydrogens (primary N) is 1. The predicted octanol–water partition coefficient (Wildman–Crippen LogP) is 7.33. The minimum atomic E-state index is -1.22. The Labute approximate surface area is 271 Å². The van der Waals surface area contributed by atoms with Gasteiger partial charge in [-0.2, -0.15) is 0 Å². The number of ketones is 1. The normalized spacial score (nSPS) is 15.3. The zero-order valence-corrected chi connectivity index (χ0v) is 28.3. The quantitative estimate of drug-likeness (QED) is 0.203. The zero-order valence-electron chi connectivity index (χ0n) is 28.3. The Bertz CT molecular complexity index is 1340. The summed E-state index contributed by atoms with van der Waals surface area (Å²) in [5.74, 6) is 4.44. The number of carbonyl (C=O) groups excluding carboxylic acids is 2. The van der Waals surface area contributed by atoms with Gasteiger partial charge in [0.05, 0.1) is 19.6 Å². The van der Waals surface area contributed by atoms with E-state index in [4.69, 9.17) is 5.73 Å². The number of nitrogens with one attached hydrogen (secondary N) is 1. The van der Waals surface area contributed by atoms with Crippen LogP contribution in [0.15, 0.2) is 73.9 Å². The first-order valence-corrected chi connectivity index (χ1v) is 16.0. The van der Waals surface area contributed by atoms with Crippen molar-refractivity contribution in [3.63, 3.8) is 0 Å². The molecule has 5 rings (SSSR count). The summed E-state index contributed by atoms with van der Waals surface area (Å²) in [4.78, 5) is 22.1. The van der Waals surface area contributed by atoms with Gasteiger partial charge < -0.3 is 16.0 Å². The maximum Gasteiger partial charge on any atom is 0.298 e. The highest BCUT2D eigenvalue weighted by molar-refractivity contribution is 5.94. The number of amides is 1. The van der Waals surface area contributed by atoms with E-state index in [-0.39, 0.29) is 36.7 Å². The van der Waals surface area contributed by atoms with Gasteiger partial charge in [0.15, 0.2) is 5.78 Å². The van der Waals surface area contributed by atoms with Gasteiger partial charge in [-0.15, -0.1) is 6.58 Å². The summed E-state index contributed by atoms with van der Waals surface area (Å²) in [5.41, 5.74) is 11.7. The lowest BCUT2D eigenvalue weighted by Crippen LogP contribution is -2.58. The number of hydrogen-bond donors (Lipinski definition) is 2. The van der Waals surface area contributed by atoms with Gasteiger partial charge in [-0.3, -0.25) is 9.59 Å². The summed E-state index contributed by atoms with van der Waals surface area (Å²) >= 11 is 0. The van der Waals surface area contributed by atoms with Crippen molar-refractivity contribution in [3.8, 4) is 11.8 Å². The van der Waals surface area contributed by atoms with E-state index >= 15 is 0 Å². The Morgan fingerprint density at radius 1 is 1.09 bits per heavy atom. The topological polar surface area (TPSA) is 75.4 Å². The molecule has 1 amide bonds. The molecule has 0 radical (unpaired) electrons. The van der Waals surface area contributed by atoms with E-state index in [1.54, 1.807) is 11.1 Å². The number of alkyl halides is 1. The van der Waals surface area contributed by atoms with Crippen LogP contribution in [0.1, 0.15) is 88.1 Å². The number of likely N-dealkylation sites (tertiary alicyclic amines) is 1. The van der Waals surface area contributed by atoms with Crippen LogP contribution in [0.2, 0.25) is 0 Å². The first-order chi connectivity index (χ1) is 21.6. The fourth-order valence-electron chi connectivity index (χ4n) is 5.17. The van der Waals surface area contributed by atoms with Gasteiger partial charge in [0.25, 0.3) is 5.91 Å². The van der Waals surface area contributed by atoms with Gasteiger partial charge in [-0.1, -0.05) is 94.0 Å². The highest BCUT2D eigenvalue weighted by Crippen LogP contribution is 2.56. The molecular formula is C39H54FN3O2. The van der Waals surface area contributed by atoms with E-state index in [2.05, 4.69) is 91.9 Å². The molecule has 244 valence electrons. The Morgan fingerprint density at radius 3 is 2.20 bits per heavy atom. The van der Waals surface area contributed by atoms with E-state index in [9.17, 15) is 14.0 Å². The SMILES string of the molecule is C=CC(C)=O.C=CCC.CC.CC1(F)CN(C(=O)C#CCN)C1.CNCc1ccccc1C1(c2cccc3c2CCC=C3)CC1. The smallest absolute Gasteiger partial charge is 0.298 e. The molecule has 0 atom stereocenters. The lowest BCUT2D eigenvalue weighted by molar-refractivity contribution is -0.137.